The number of nitrogens with zero attached hydrogens (tertiary/aromatic N) is 1. The molecule has 0 unspecified atom stereocenters. The van der Waals surface area contributed by atoms with E-state index < -0.39 is 0 Å². The average molecular weight is 306 g/mol. The van der Waals surface area contributed by atoms with Crippen LogP contribution in [0, 0.1) is 6.92 Å². The van der Waals surface area contributed by atoms with Crippen molar-refractivity contribution >= 4 is 29.1 Å². The van der Waals surface area contributed by atoms with Gasteiger partial charge in [-0.1, -0.05) is 6.07 Å². The molecular weight excluding hydrogens is 284 g/mol. The summed E-state index contributed by atoms with van der Waals surface area (Å²) in [6, 6.07) is 5.23. The van der Waals surface area contributed by atoms with E-state index >= 15 is 0 Å². The molecule has 0 saturated heterocycles. The maximum Gasteiger partial charge on any atom is 0.243 e. The molecule has 0 saturated carbocycles. The van der Waals surface area contributed by atoms with E-state index in [1.165, 1.54) is 6.92 Å². The van der Waals surface area contributed by atoms with Crippen molar-refractivity contribution in [1.29, 1.82) is 0 Å². The number of hydrogen-bond donors (Lipinski definition) is 3. The van der Waals surface area contributed by atoms with Crippen molar-refractivity contribution in [2.45, 2.75) is 13.8 Å². The zero-order valence-corrected chi connectivity index (χ0v) is 13.3. The van der Waals surface area contributed by atoms with Gasteiger partial charge in [-0.25, -0.2) is 0 Å². The summed E-state index contributed by atoms with van der Waals surface area (Å²) in [7, 11) is 3.62. The third-order valence-electron chi connectivity index (χ3n) is 2.75. The Morgan fingerprint density at radius 1 is 1.09 bits per heavy atom. The molecule has 0 aromatic heterocycles. The standard InChI is InChI=1S/C15H22N4O3/c1-10-5-6-12(17-14(21)8-16-11(2)20)7-13(10)18-15(22)9-19(3)4/h5-7H,8-9H2,1-4H3,(H,16,20)(H,17,21)(H,18,22). The van der Waals surface area contributed by atoms with E-state index in [0.717, 1.165) is 5.56 Å². The van der Waals surface area contributed by atoms with Gasteiger partial charge < -0.3 is 20.9 Å². The highest BCUT2D eigenvalue weighted by Gasteiger charge is 2.08. The van der Waals surface area contributed by atoms with Crippen molar-refractivity contribution in [3.8, 4) is 0 Å². The van der Waals surface area contributed by atoms with Crippen LogP contribution in [-0.2, 0) is 14.4 Å². The fraction of sp³-hybridized carbons (Fsp3) is 0.400. The van der Waals surface area contributed by atoms with Gasteiger partial charge >= 0.3 is 0 Å². The zero-order valence-electron chi connectivity index (χ0n) is 13.3. The molecule has 0 bridgehead atoms. The molecule has 3 amide bonds. The number of anilines is 2. The number of amides is 3. The maximum atomic E-state index is 11.8. The monoisotopic (exact) mass is 306 g/mol. The average Bonchev–Trinajstić information content (AvgIpc) is 2.39. The molecule has 0 fully saturated rings. The number of aryl methyl sites for hydroxylation is 1. The lowest BCUT2D eigenvalue weighted by Crippen LogP contribution is -2.31. The predicted molar refractivity (Wildman–Crippen MR) is 85.7 cm³/mol. The molecule has 22 heavy (non-hydrogen) atoms. The Morgan fingerprint density at radius 3 is 2.36 bits per heavy atom. The van der Waals surface area contributed by atoms with Gasteiger partial charge in [-0.3, -0.25) is 14.4 Å². The summed E-state index contributed by atoms with van der Waals surface area (Å²) in [5.74, 6) is -0.727. The van der Waals surface area contributed by atoms with Crippen molar-refractivity contribution in [3.05, 3.63) is 23.8 Å². The number of rotatable bonds is 6. The molecule has 0 aliphatic rings. The smallest absolute Gasteiger partial charge is 0.243 e. The van der Waals surface area contributed by atoms with Crippen LogP contribution >= 0.6 is 0 Å². The van der Waals surface area contributed by atoms with Gasteiger partial charge in [-0.15, -0.1) is 0 Å². The van der Waals surface area contributed by atoms with Crippen molar-refractivity contribution < 1.29 is 14.4 Å². The summed E-state index contributed by atoms with van der Waals surface area (Å²) < 4.78 is 0. The Bertz CT molecular complexity index is 570. The number of carbonyl (C=O) groups is 3. The maximum absolute atomic E-state index is 11.8. The highest BCUT2D eigenvalue weighted by molar-refractivity contribution is 5.96. The number of nitrogens with one attached hydrogen (secondary N) is 3. The third-order valence-corrected chi connectivity index (χ3v) is 2.75. The van der Waals surface area contributed by atoms with Crippen molar-refractivity contribution in [2.24, 2.45) is 0 Å². The highest BCUT2D eigenvalue weighted by Crippen LogP contribution is 2.20. The van der Waals surface area contributed by atoms with Crippen LogP contribution in [0.2, 0.25) is 0 Å². The highest BCUT2D eigenvalue weighted by atomic mass is 16.2. The molecule has 1 aromatic rings. The summed E-state index contributed by atoms with van der Waals surface area (Å²) in [5, 5.41) is 7.89. The minimum absolute atomic E-state index is 0.0917. The second-order valence-electron chi connectivity index (χ2n) is 5.27. The van der Waals surface area contributed by atoms with E-state index in [2.05, 4.69) is 16.0 Å². The van der Waals surface area contributed by atoms with Crippen LogP contribution in [0.15, 0.2) is 18.2 Å². The summed E-state index contributed by atoms with van der Waals surface area (Å²) >= 11 is 0. The predicted octanol–water partition coefficient (Wildman–Crippen LogP) is 0.570. The quantitative estimate of drug-likeness (QED) is 0.716. The molecular formula is C15H22N4O3. The van der Waals surface area contributed by atoms with Crippen molar-refractivity contribution in [1.82, 2.24) is 10.2 Å². The molecule has 0 aliphatic carbocycles. The van der Waals surface area contributed by atoms with Crippen LogP contribution in [0.5, 0.6) is 0 Å². The Hall–Kier alpha value is -2.41. The Balaban J connectivity index is 2.71. The van der Waals surface area contributed by atoms with Gasteiger partial charge in [0.05, 0.1) is 13.1 Å². The van der Waals surface area contributed by atoms with E-state index in [1.54, 1.807) is 23.1 Å². The Labute approximate surface area is 130 Å². The topological polar surface area (TPSA) is 90.5 Å². The van der Waals surface area contributed by atoms with E-state index in [0.29, 0.717) is 11.4 Å². The van der Waals surface area contributed by atoms with Crippen LogP contribution in [-0.4, -0.2) is 49.8 Å². The Morgan fingerprint density at radius 2 is 1.77 bits per heavy atom. The summed E-state index contributed by atoms with van der Waals surface area (Å²) in [4.78, 5) is 36.0. The molecule has 3 N–H and O–H groups in total. The number of benzene rings is 1. The summed E-state index contributed by atoms with van der Waals surface area (Å²) in [5.41, 5.74) is 2.09. The van der Waals surface area contributed by atoms with Crippen LogP contribution in [0.25, 0.3) is 0 Å². The zero-order chi connectivity index (χ0) is 16.7. The van der Waals surface area contributed by atoms with Crippen LogP contribution in [0.4, 0.5) is 11.4 Å². The first-order valence-electron chi connectivity index (χ1n) is 6.87. The van der Waals surface area contributed by atoms with Gasteiger partial charge in [-0.05, 0) is 38.7 Å². The molecule has 0 radical (unpaired) electrons. The molecule has 0 spiro atoms. The lowest BCUT2D eigenvalue weighted by Gasteiger charge is -2.13. The number of likely N-dealkylation sites (N-methyl/N-ethyl adjacent to an activating group) is 1. The first-order valence-corrected chi connectivity index (χ1v) is 6.87. The third kappa shape index (κ3) is 6.36. The summed E-state index contributed by atoms with van der Waals surface area (Å²) in [6.07, 6.45) is 0. The van der Waals surface area contributed by atoms with Crippen molar-refractivity contribution in [2.75, 3.05) is 37.8 Å². The van der Waals surface area contributed by atoms with Crippen molar-refractivity contribution in [3.63, 3.8) is 0 Å². The molecule has 0 aliphatic heterocycles. The molecule has 1 rings (SSSR count). The van der Waals surface area contributed by atoms with Gasteiger partial charge in [0.1, 0.15) is 0 Å². The molecule has 120 valence electrons. The first-order chi connectivity index (χ1) is 10.3. The van der Waals surface area contributed by atoms with E-state index in [-0.39, 0.29) is 30.8 Å². The van der Waals surface area contributed by atoms with Gasteiger partial charge in [0, 0.05) is 18.3 Å². The molecule has 0 heterocycles. The minimum Gasteiger partial charge on any atom is -0.347 e. The van der Waals surface area contributed by atoms with Gasteiger partial charge in [0.2, 0.25) is 17.7 Å². The lowest BCUT2D eigenvalue weighted by molar-refractivity contribution is -0.122. The number of hydrogen-bond acceptors (Lipinski definition) is 4. The van der Waals surface area contributed by atoms with Gasteiger partial charge in [0.25, 0.3) is 0 Å². The minimum atomic E-state index is -0.329. The van der Waals surface area contributed by atoms with Crippen LogP contribution in [0.1, 0.15) is 12.5 Å². The summed E-state index contributed by atoms with van der Waals surface area (Å²) in [6.45, 7) is 3.40. The lowest BCUT2D eigenvalue weighted by atomic mass is 10.1. The molecule has 1 aromatic carbocycles. The molecule has 7 heteroatoms. The normalized spacial score (nSPS) is 10.2. The second kappa shape index (κ2) is 8.14. The van der Waals surface area contributed by atoms with Crippen LogP contribution in [0.3, 0.4) is 0 Å². The molecule has 7 nitrogen and oxygen atoms in total. The largest absolute Gasteiger partial charge is 0.347 e. The van der Waals surface area contributed by atoms with E-state index in [9.17, 15) is 14.4 Å². The number of carbonyl (C=O) groups excluding carboxylic acids is 3. The SMILES string of the molecule is CC(=O)NCC(=O)Nc1ccc(C)c(NC(=O)CN(C)C)c1. The van der Waals surface area contributed by atoms with Gasteiger partial charge in [-0.2, -0.15) is 0 Å². The first kappa shape index (κ1) is 17.6. The molecule has 0 atom stereocenters. The fourth-order valence-electron chi connectivity index (χ4n) is 1.72. The van der Waals surface area contributed by atoms with Crippen LogP contribution < -0.4 is 16.0 Å². The Kier molecular flexibility index (Phi) is 6.52. The van der Waals surface area contributed by atoms with E-state index in [1.807, 2.05) is 21.0 Å². The fourth-order valence-corrected chi connectivity index (χ4v) is 1.72. The second-order valence-corrected chi connectivity index (χ2v) is 5.27. The van der Waals surface area contributed by atoms with E-state index in [4.69, 9.17) is 0 Å². The van der Waals surface area contributed by atoms with Gasteiger partial charge in [0.15, 0.2) is 0 Å².